The Morgan fingerprint density at radius 3 is 2.50 bits per heavy atom. The summed E-state index contributed by atoms with van der Waals surface area (Å²) in [6.07, 6.45) is 0. The summed E-state index contributed by atoms with van der Waals surface area (Å²) >= 11 is 3.30. The van der Waals surface area contributed by atoms with E-state index in [1.807, 2.05) is 0 Å². The molecule has 0 N–H and O–H groups in total. The highest BCUT2D eigenvalue weighted by Gasteiger charge is 2.31. The number of rotatable bonds is 3. The Labute approximate surface area is 182 Å². The fourth-order valence-electron chi connectivity index (χ4n) is 3.53. The molecule has 1 saturated heterocycles. The molecule has 9 heteroatoms. The number of sulfonamides is 1. The number of amides is 1. The fourth-order valence-corrected chi connectivity index (χ4v) is 5.55. The van der Waals surface area contributed by atoms with Gasteiger partial charge in [0.15, 0.2) is 0 Å². The van der Waals surface area contributed by atoms with Crippen LogP contribution in [0.1, 0.15) is 16.1 Å². The van der Waals surface area contributed by atoms with Gasteiger partial charge in [-0.15, -0.1) is 0 Å². The van der Waals surface area contributed by atoms with Crippen molar-refractivity contribution in [1.29, 1.82) is 0 Å². The molecule has 4 rings (SSSR count). The molecule has 1 amide bonds. The zero-order valence-electron chi connectivity index (χ0n) is 16.2. The highest BCUT2D eigenvalue weighted by atomic mass is 79.9. The van der Waals surface area contributed by atoms with Gasteiger partial charge in [0.2, 0.25) is 10.0 Å². The van der Waals surface area contributed by atoms with Crippen molar-refractivity contribution in [3.63, 3.8) is 0 Å². The second-order valence-corrected chi connectivity index (χ2v) is 9.97. The number of pyridine rings is 1. The van der Waals surface area contributed by atoms with Crippen LogP contribution in [0.5, 0.6) is 0 Å². The largest absolute Gasteiger partial charge is 0.336 e. The predicted octanol–water partition coefficient (Wildman–Crippen LogP) is 3.59. The molecule has 2 heterocycles. The summed E-state index contributed by atoms with van der Waals surface area (Å²) in [4.78, 5) is 19.2. The number of halogens is 2. The van der Waals surface area contributed by atoms with Crippen molar-refractivity contribution in [2.75, 3.05) is 26.2 Å². The van der Waals surface area contributed by atoms with Crippen molar-refractivity contribution >= 4 is 42.8 Å². The van der Waals surface area contributed by atoms with E-state index in [2.05, 4.69) is 20.9 Å². The number of hydrogen-bond donors (Lipinski definition) is 0. The van der Waals surface area contributed by atoms with E-state index in [0.29, 0.717) is 26.6 Å². The van der Waals surface area contributed by atoms with Gasteiger partial charge in [-0.25, -0.2) is 12.8 Å². The minimum Gasteiger partial charge on any atom is -0.336 e. The van der Waals surface area contributed by atoms with E-state index in [9.17, 15) is 17.6 Å². The van der Waals surface area contributed by atoms with Crippen molar-refractivity contribution in [2.24, 2.45) is 0 Å². The summed E-state index contributed by atoms with van der Waals surface area (Å²) in [7, 11) is -3.62. The van der Waals surface area contributed by atoms with Gasteiger partial charge in [0.25, 0.3) is 5.91 Å². The van der Waals surface area contributed by atoms with Gasteiger partial charge in [-0.3, -0.25) is 9.78 Å². The minimum atomic E-state index is -3.62. The number of fused-ring (bicyclic) bond motifs is 1. The first-order chi connectivity index (χ1) is 14.3. The molecule has 6 nitrogen and oxygen atoms in total. The molecule has 1 aliphatic heterocycles. The number of hydrogen-bond acceptors (Lipinski definition) is 4. The van der Waals surface area contributed by atoms with E-state index in [1.54, 1.807) is 48.2 Å². The highest BCUT2D eigenvalue weighted by Crippen LogP contribution is 2.23. The zero-order chi connectivity index (χ0) is 21.5. The van der Waals surface area contributed by atoms with Gasteiger partial charge in [-0.05, 0) is 43.3 Å². The van der Waals surface area contributed by atoms with Crippen LogP contribution in [0.4, 0.5) is 4.39 Å². The lowest BCUT2D eigenvalue weighted by Gasteiger charge is -2.34. The lowest BCUT2D eigenvalue weighted by molar-refractivity contribution is 0.0697. The second kappa shape index (κ2) is 8.05. The SMILES string of the molecule is Cc1nc2cc(F)ccc2cc1C(=O)N1CCN(S(=O)(=O)c2cccc(Br)c2)CC1. The van der Waals surface area contributed by atoms with E-state index in [-0.39, 0.29) is 42.8 Å². The van der Waals surface area contributed by atoms with Gasteiger partial charge in [0.05, 0.1) is 21.7 Å². The van der Waals surface area contributed by atoms with Crippen LogP contribution in [-0.2, 0) is 10.0 Å². The summed E-state index contributed by atoms with van der Waals surface area (Å²) in [5.41, 5.74) is 1.45. The summed E-state index contributed by atoms with van der Waals surface area (Å²) in [6, 6.07) is 12.5. The molecule has 2 aromatic carbocycles. The minimum absolute atomic E-state index is 0.203. The Hall–Kier alpha value is -2.36. The Morgan fingerprint density at radius 1 is 1.07 bits per heavy atom. The quantitative estimate of drug-likeness (QED) is 0.561. The van der Waals surface area contributed by atoms with E-state index in [4.69, 9.17) is 0 Å². The van der Waals surface area contributed by atoms with Gasteiger partial charge in [-0.1, -0.05) is 22.0 Å². The summed E-state index contributed by atoms with van der Waals surface area (Å²) in [5.74, 6) is -0.581. The molecule has 0 saturated carbocycles. The number of carbonyl (C=O) groups excluding carboxylic acids is 1. The first-order valence-corrected chi connectivity index (χ1v) is 11.6. The molecular weight excluding hydrogens is 473 g/mol. The molecular formula is C21H19BrFN3O3S. The number of aromatic nitrogens is 1. The normalized spacial score (nSPS) is 15.5. The number of piperazine rings is 1. The lowest BCUT2D eigenvalue weighted by Crippen LogP contribution is -2.50. The van der Waals surface area contributed by atoms with Gasteiger partial charge in [0.1, 0.15) is 5.82 Å². The topological polar surface area (TPSA) is 70.6 Å². The third-order valence-corrected chi connectivity index (χ3v) is 7.55. The third-order valence-electron chi connectivity index (χ3n) is 5.16. The monoisotopic (exact) mass is 491 g/mol. The van der Waals surface area contributed by atoms with Crippen LogP contribution in [0.15, 0.2) is 57.9 Å². The van der Waals surface area contributed by atoms with Crippen molar-refractivity contribution in [3.05, 3.63) is 70.1 Å². The van der Waals surface area contributed by atoms with Crippen LogP contribution in [0.3, 0.4) is 0 Å². The Kier molecular flexibility index (Phi) is 5.61. The van der Waals surface area contributed by atoms with Gasteiger partial charge < -0.3 is 4.90 Å². The highest BCUT2D eigenvalue weighted by molar-refractivity contribution is 9.10. The maximum Gasteiger partial charge on any atom is 0.255 e. The molecule has 0 aliphatic carbocycles. The molecule has 1 aliphatic rings. The molecule has 0 atom stereocenters. The Morgan fingerprint density at radius 2 is 1.80 bits per heavy atom. The van der Waals surface area contributed by atoms with Crippen LogP contribution in [-0.4, -0.2) is 54.7 Å². The van der Waals surface area contributed by atoms with Crippen molar-refractivity contribution in [3.8, 4) is 0 Å². The molecule has 0 bridgehead atoms. The van der Waals surface area contributed by atoms with Crippen LogP contribution in [0.2, 0.25) is 0 Å². The van der Waals surface area contributed by atoms with Gasteiger partial charge in [0, 0.05) is 42.1 Å². The van der Waals surface area contributed by atoms with E-state index in [0.717, 1.165) is 0 Å². The van der Waals surface area contributed by atoms with Gasteiger partial charge in [-0.2, -0.15) is 4.31 Å². The molecule has 156 valence electrons. The van der Waals surface area contributed by atoms with Crippen molar-refractivity contribution < 1.29 is 17.6 Å². The number of carbonyl (C=O) groups is 1. The molecule has 0 unspecified atom stereocenters. The number of aryl methyl sites for hydroxylation is 1. The summed E-state index contributed by atoms with van der Waals surface area (Å²) in [6.45, 7) is 2.71. The molecule has 30 heavy (non-hydrogen) atoms. The number of nitrogens with zero attached hydrogens (tertiary/aromatic N) is 3. The van der Waals surface area contributed by atoms with Crippen molar-refractivity contribution in [2.45, 2.75) is 11.8 Å². The third kappa shape index (κ3) is 3.97. The predicted molar refractivity (Wildman–Crippen MR) is 115 cm³/mol. The average molecular weight is 492 g/mol. The fraction of sp³-hybridized carbons (Fsp3) is 0.238. The first kappa shape index (κ1) is 20.9. The van der Waals surface area contributed by atoms with Crippen LogP contribution in [0.25, 0.3) is 10.9 Å². The molecule has 3 aromatic rings. The van der Waals surface area contributed by atoms with E-state index >= 15 is 0 Å². The summed E-state index contributed by atoms with van der Waals surface area (Å²) in [5, 5.41) is 0.682. The standard InChI is InChI=1S/C21H19BrFN3O3S/c1-14-19(11-15-5-6-17(23)13-20(15)24-14)21(27)25-7-9-26(10-8-25)30(28,29)18-4-2-3-16(22)12-18/h2-6,11-13H,7-10H2,1H3. The molecule has 1 aromatic heterocycles. The smallest absolute Gasteiger partial charge is 0.255 e. The van der Waals surface area contributed by atoms with Crippen LogP contribution < -0.4 is 0 Å². The molecule has 0 radical (unpaired) electrons. The lowest BCUT2D eigenvalue weighted by atomic mass is 10.1. The summed E-state index contributed by atoms with van der Waals surface area (Å²) < 4.78 is 41.3. The average Bonchev–Trinajstić information content (AvgIpc) is 2.73. The maximum atomic E-state index is 13.4. The Balaban J connectivity index is 1.51. The van der Waals surface area contributed by atoms with Crippen molar-refractivity contribution in [1.82, 2.24) is 14.2 Å². The van der Waals surface area contributed by atoms with Crippen LogP contribution in [0, 0.1) is 12.7 Å². The molecule has 1 fully saturated rings. The van der Waals surface area contributed by atoms with Gasteiger partial charge >= 0.3 is 0 Å². The first-order valence-electron chi connectivity index (χ1n) is 9.37. The van der Waals surface area contributed by atoms with E-state index in [1.165, 1.54) is 16.4 Å². The number of benzene rings is 2. The second-order valence-electron chi connectivity index (χ2n) is 7.11. The van der Waals surface area contributed by atoms with E-state index < -0.39 is 10.0 Å². The Bertz CT molecular complexity index is 1240. The van der Waals surface area contributed by atoms with Crippen LogP contribution >= 0.6 is 15.9 Å². The zero-order valence-corrected chi connectivity index (χ0v) is 18.6. The maximum absolute atomic E-state index is 13.4. The molecule has 0 spiro atoms.